The minimum absolute atomic E-state index is 0.777. The van der Waals surface area contributed by atoms with E-state index in [4.69, 9.17) is 16.0 Å². The van der Waals surface area contributed by atoms with E-state index >= 15 is 0 Å². The minimum atomic E-state index is 0.777. The predicted octanol–water partition coefficient (Wildman–Crippen LogP) is 5.39. The molecule has 0 unspecified atom stereocenters. The Morgan fingerprint density at radius 3 is 2.56 bits per heavy atom. The Morgan fingerprint density at radius 1 is 0.722 bits per heavy atom. The molecule has 4 rings (SSSR count). The first-order valence-electron chi connectivity index (χ1n) is 5.82. The fraction of sp³-hybridized carbons (Fsp3) is 0. The first kappa shape index (κ1) is 9.98. The largest absolute Gasteiger partial charge is 0.456 e. The van der Waals surface area contributed by atoms with Gasteiger partial charge in [-0.25, -0.2) is 0 Å². The molecule has 0 atom stereocenters. The molecule has 0 aliphatic rings. The Bertz CT molecular complexity index is 889. The van der Waals surface area contributed by atoms with Crippen molar-refractivity contribution in [3.63, 3.8) is 0 Å². The molecule has 0 radical (unpaired) electrons. The molecule has 1 heterocycles. The van der Waals surface area contributed by atoms with Gasteiger partial charge in [0.15, 0.2) is 0 Å². The van der Waals surface area contributed by atoms with Crippen molar-refractivity contribution in [3.05, 3.63) is 59.6 Å². The van der Waals surface area contributed by atoms with E-state index < -0.39 is 0 Å². The summed E-state index contributed by atoms with van der Waals surface area (Å²) in [4.78, 5) is 0. The van der Waals surface area contributed by atoms with Crippen LogP contribution in [0.5, 0.6) is 0 Å². The SMILES string of the molecule is Clc1cccc2cc3oc4ccccc4c3cc12. The quantitative estimate of drug-likeness (QED) is 0.409. The van der Waals surface area contributed by atoms with E-state index in [0.29, 0.717) is 0 Å². The molecule has 0 spiro atoms. The van der Waals surface area contributed by atoms with Crippen LogP contribution in [0.15, 0.2) is 59.0 Å². The third kappa shape index (κ3) is 1.28. The summed E-state index contributed by atoms with van der Waals surface area (Å²) in [6.45, 7) is 0. The molecule has 0 amide bonds. The Labute approximate surface area is 109 Å². The van der Waals surface area contributed by atoms with Crippen LogP contribution in [0.2, 0.25) is 5.02 Å². The molecule has 0 saturated carbocycles. The van der Waals surface area contributed by atoms with Gasteiger partial charge < -0.3 is 4.42 Å². The van der Waals surface area contributed by atoms with Crippen molar-refractivity contribution in [2.24, 2.45) is 0 Å². The van der Waals surface area contributed by atoms with Crippen LogP contribution in [0.1, 0.15) is 0 Å². The van der Waals surface area contributed by atoms with Crippen LogP contribution in [0.4, 0.5) is 0 Å². The van der Waals surface area contributed by atoms with E-state index in [1.54, 1.807) is 0 Å². The van der Waals surface area contributed by atoms with Gasteiger partial charge in [-0.05, 0) is 29.7 Å². The highest BCUT2D eigenvalue weighted by Crippen LogP contribution is 2.34. The fourth-order valence-electron chi connectivity index (χ4n) is 2.46. The number of para-hydroxylation sites is 1. The lowest BCUT2D eigenvalue weighted by molar-refractivity contribution is 0.669. The van der Waals surface area contributed by atoms with Crippen molar-refractivity contribution in [2.45, 2.75) is 0 Å². The molecule has 1 nitrogen and oxygen atoms in total. The minimum Gasteiger partial charge on any atom is -0.456 e. The zero-order valence-electron chi connectivity index (χ0n) is 9.48. The smallest absolute Gasteiger partial charge is 0.136 e. The molecule has 0 aliphatic carbocycles. The van der Waals surface area contributed by atoms with Gasteiger partial charge >= 0.3 is 0 Å². The standard InChI is InChI=1S/C16H9ClO/c17-14-6-3-4-10-8-16-13(9-12(10)14)11-5-1-2-7-15(11)18-16/h1-9H. The summed E-state index contributed by atoms with van der Waals surface area (Å²) in [6, 6.07) is 18.2. The number of benzene rings is 3. The summed E-state index contributed by atoms with van der Waals surface area (Å²) in [7, 11) is 0. The van der Waals surface area contributed by atoms with Gasteiger partial charge in [0.2, 0.25) is 0 Å². The number of fused-ring (bicyclic) bond motifs is 4. The first-order chi connectivity index (χ1) is 8.83. The molecule has 0 N–H and O–H groups in total. The van der Waals surface area contributed by atoms with Gasteiger partial charge in [-0.1, -0.05) is 41.9 Å². The van der Waals surface area contributed by atoms with Crippen LogP contribution in [-0.2, 0) is 0 Å². The number of halogens is 1. The summed E-state index contributed by atoms with van der Waals surface area (Å²) >= 11 is 6.25. The normalized spacial score (nSPS) is 11.6. The van der Waals surface area contributed by atoms with Crippen molar-refractivity contribution in [3.8, 4) is 0 Å². The molecule has 3 aromatic carbocycles. The number of furan rings is 1. The average Bonchev–Trinajstić information content (AvgIpc) is 2.75. The molecule has 0 saturated heterocycles. The lowest BCUT2D eigenvalue weighted by atomic mass is 10.1. The Morgan fingerprint density at radius 2 is 1.61 bits per heavy atom. The van der Waals surface area contributed by atoms with Crippen molar-refractivity contribution < 1.29 is 4.42 Å². The second kappa shape index (κ2) is 3.50. The van der Waals surface area contributed by atoms with Gasteiger partial charge in [0.1, 0.15) is 11.2 Å². The summed E-state index contributed by atoms with van der Waals surface area (Å²) in [5.41, 5.74) is 1.82. The highest BCUT2D eigenvalue weighted by Gasteiger charge is 2.08. The van der Waals surface area contributed by atoms with Crippen LogP contribution in [-0.4, -0.2) is 0 Å². The number of hydrogen-bond donors (Lipinski definition) is 0. The monoisotopic (exact) mass is 252 g/mol. The molecule has 0 aliphatic heterocycles. The third-order valence-corrected chi connectivity index (χ3v) is 3.65. The molecule has 4 aromatic rings. The third-order valence-electron chi connectivity index (χ3n) is 3.32. The van der Waals surface area contributed by atoms with E-state index in [0.717, 1.165) is 37.7 Å². The van der Waals surface area contributed by atoms with Crippen LogP contribution in [0, 0.1) is 0 Å². The zero-order valence-corrected chi connectivity index (χ0v) is 10.2. The van der Waals surface area contributed by atoms with E-state index in [1.165, 1.54) is 0 Å². The van der Waals surface area contributed by atoms with Crippen LogP contribution in [0.3, 0.4) is 0 Å². The molecule has 86 valence electrons. The van der Waals surface area contributed by atoms with Gasteiger partial charge in [0.05, 0.1) is 0 Å². The maximum Gasteiger partial charge on any atom is 0.136 e. The summed E-state index contributed by atoms with van der Waals surface area (Å²) < 4.78 is 5.86. The van der Waals surface area contributed by atoms with E-state index in [-0.39, 0.29) is 0 Å². The average molecular weight is 253 g/mol. The fourth-order valence-corrected chi connectivity index (χ4v) is 2.69. The number of rotatable bonds is 0. The molecule has 0 bridgehead atoms. The van der Waals surface area contributed by atoms with Crippen molar-refractivity contribution in [2.75, 3.05) is 0 Å². The van der Waals surface area contributed by atoms with Gasteiger partial charge in [-0.2, -0.15) is 0 Å². The van der Waals surface area contributed by atoms with Gasteiger partial charge in [-0.3, -0.25) is 0 Å². The number of hydrogen-bond acceptors (Lipinski definition) is 1. The van der Waals surface area contributed by atoms with Gasteiger partial charge in [-0.15, -0.1) is 0 Å². The predicted molar refractivity (Wildman–Crippen MR) is 76.2 cm³/mol. The molecule has 2 heteroatoms. The lowest BCUT2D eigenvalue weighted by Crippen LogP contribution is -1.74. The Balaban J connectivity index is 2.28. The second-order valence-electron chi connectivity index (χ2n) is 4.41. The van der Waals surface area contributed by atoms with Crippen molar-refractivity contribution in [1.29, 1.82) is 0 Å². The van der Waals surface area contributed by atoms with Gasteiger partial charge in [0.25, 0.3) is 0 Å². The molecule has 1 aromatic heterocycles. The molecular weight excluding hydrogens is 244 g/mol. The maximum absolute atomic E-state index is 6.25. The highest BCUT2D eigenvalue weighted by molar-refractivity contribution is 6.36. The topological polar surface area (TPSA) is 13.1 Å². The summed E-state index contributed by atoms with van der Waals surface area (Å²) in [6.07, 6.45) is 0. The first-order valence-corrected chi connectivity index (χ1v) is 6.20. The van der Waals surface area contributed by atoms with Crippen LogP contribution in [0.25, 0.3) is 32.7 Å². The molecule has 0 fully saturated rings. The lowest BCUT2D eigenvalue weighted by Gasteiger charge is -1.99. The maximum atomic E-state index is 6.25. The zero-order chi connectivity index (χ0) is 12.1. The van der Waals surface area contributed by atoms with Crippen molar-refractivity contribution in [1.82, 2.24) is 0 Å². The van der Waals surface area contributed by atoms with E-state index in [9.17, 15) is 0 Å². The van der Waals surface area contributed by atoms with Crippen molar-refractivity contribution >= 4 is 44.3 Å². The van der Waals surface area contributed by atoms with E-state index in [2.05, 4.69) is 18.2 Å². The van der Waals surface area contributed by atoms with E-state index in [1.807, 2.05) is 36.4 Å². The Hall–Kier alpha value is -1.99. The summed E-state index contributed by atoms with van der Waals surface area (Å²) in [5.74, 6) is 0. The van der Waals surface area contributed by atoms with Gasteiger partial charge in [0, 0.05) is 21.2 Å². The van der Waals surface area contributed by atoms with Crippen LogP contribution < -0.4 is 0 Å². The van der Waals surface area contributed by atoms with Crippen LogP contribution >= 0.6 is 11.6 Å². The summed E-state index contributed by atoms with van der Waals surface area (Å²) in [5, 5.41) is 5.20. The molecule has 18 heavy (non-hydrogen) atoms. The highest BCUT2D eigenvalue weighted by atomic mass is 35.5. The Kier molecular flexibility index (Phi) is 1.94. The second-order valence-corrected chi connectivity index (χ2v) is 4.81. The molecular formula is C16H9ClO.